The number of esters is 1. The Morgan fingerprint density at radius 3 is 2.67 bits per heavy atom. The fourth-order valence-electron chi connectivity index (χ4n) is 3.21. The van der Waals surface area contributed by atoms with Crippen molar-refractivity contribution in [3.05, 3.63) is 41.2 Å². The monoisotopic (exact) mass is 439 g/mol. The van der Waals surface area contributed by atoms with Crippen molar-refractivity contribution in [1.29, 1.82) is 0 Å². The third-order valence-electron chi connectivity index (χ3n) is 4.76. The molecular weight excluding hydrogens is 414 g/mol. The van der Waals surface area contributed by atoms with Gasteiger partial charge >= 0.3 is 5.97 Å². The molecule has 12 heteroatoms. The molecule has 3 heterocycles. The summed E-state index contributed by atoms with van der Waals surface area (Å²) in [5.74, 6) is 1.05. The first-order valence-electron chi connectivity index (χ1n) is 9.34. The zero-order chi connectivity index (χ0) is 21.7. The highest BCUT2D eigenvalue weighted by atomic mass is 32.2. The lowest BCUT2D eigenvalue weighted by atomic mass is 10.2. The molecule has 0 unspecified atom stereocenters. The molecule has 1 aliphatic heterocycles. The number of hydrogen-bond donors (Lipinski definition) is 1. The lowest BCUT2D eigenvalue weighted by Gasteiger charge is -2.35. The van der Waals surface area contributed by atoms with E-state index in [0.29, 0.717) is 61.5 Å². The highest BCUT2D eigenvalue weighted by Crippen LogP contribution is 2.16. The molecule has 0 atom stereocenters. The van der Waals surface area contributed by atoms with Crippen LogP contribution < -0.4 is 5.32 Å². The second-order valence-corrected chi connectivity index (χ2v) is 8.68. The zero-order valence-corrected chi connectivity index (χ0v) is 17.9. The largest absolute Gasteiger partial charge is 0.465 e. The third kappa shape index (κ3) is 5.00. The van der Waals surface area contributed by atoms with Crippen molar-refractivity contribution in [3.8, 4) is 0 Å². The molecule has 0 amide bonds. The van der Waals surface area contributed by atoms with Crippen LogP contribution in [-0.4, -0.2) is 75.0 Å². The molecule has 1 aliphatic rings. The molecule has 1 fully saturated rings. The molecule has 0 bridgehead atoms. The van der Waals surface area contributed by atoms with Gasteiger partial charge in [0.25, 0.3) is 0 Å². The van der Waals surface area contributed by atoms with Gasteiger partial charge in [0.1, 0.15) is 29.1 Å². The molecular formula is C18H25N5O6S. The Kier molecular flexibility index (Phi) is 6.77. The first kappa shape index (κ1) is 21.8. The number of ether oxygens (including phenoxy) is 1. The van der Waals surface area contributed by atoms with E-state index in [4.69, 9.17) is 13.7 Å². The molecule has 3 rings (SSSR count). The smallest absolute Gasteiger partial charge is 0.341 e. The van der Waals surface area contributed by atoms with Crippen LogP contribution >= 0.6 is 0 Å². The van der Waals surface area contributed by atoms with Gasteiger partial charge in [0.2, 0.25) is 10.0 Å². The van der Waals surface area contributed by atoms with Crippen molar-refractivity contribution in [1.82, 2.24) is 19.7 Å². The third-order valence-corrected chi connectivity index (χ3v) is 6.57. The minimum Gasteiger partial charge on any atom is -0.465 e. The molecule has 1 saturated heterocycles. The molecule has 2 aromatic heterocycles. The predicted molar refractivity (Wildman–Crippen MR) is 107 cm³/mol. The minimum atomic E-state index is -3.47. The average molecular weight is 439 g/mol. The molecule has 2 aromatic rings. The van der Waals surface area contributed by atoms with Gasteiger partial charge in [0, 0.05) is 39.3 Å². The van der Waals surface area contributed by atoms with Gasteiger partial charge < -0.3 is 23.9 Å². The molecule has 0 spiro atoms. The molecule has 30 heavy (non-hydrogen) atoms. The summed E-state index contributed by atoms with van der Waals surface area (Å²) >= 11 is 0. The Morgan fingerprint density at radius 2 is 2.07 bits per heavy atom. The van der Waals surface area contributed by atoms with Crippen LogP contribution in [0.4, 0.5) is 0 Å². The number of aromatic nitrogens is 1. The van der Waals surface area contributed by atoms with Crippen molar-refractivity contribution >= 4 is 22.0 Å². The molecule has 0 radical (unpaired) electrons. The van der Waals surface area contributed by atoms with E-state index in [9.17, 15) is 13.2 Å². The highest BCUT2D eigenvalue weighted by Gasteiger charge is 2.29. The van der Waals surface area contributed by atoms with E-state index in [1.807, 2.05) is 4.90 Å². The summed E-state index contributed by atoms with van der Waals surface area (Å²) in [5, 5.41) is 6.85. The summed E-state index contributed by atoms with van der Waals surface area (Å²) < 4.78 is 41.6. The van der Waals surface area contributed by atoms with E-state index in [0.717, 1.165) is 0 Å². The number of guanidine groups is 1. The highest BCUT2D eigenvalue weighted by molar-refractivity contribution is 7.88. The Labute approximate surface area is 174 Å². The van der Waals surface area contributed by atoms with Crippen LogP contribution in [0.25, 0.3) is 0 Å². The van der Waals surface area contributed by atoms with Crippen LogP contribution in [-0.2, 0) is 27.1 Å². The lowest BCUT2D eigenvalue weighted by Crippen LogP contribution is -2.53. The van der Waals surface area contributed by atoms with Crippen LogP contribution in [0.15, 0.2) is 32.3 Å². The quantitative estimate of drug-likeness (QED) is 0.390. The number of aryl methyl sites for hydroxylation is 1. The summed E-state index contributed by atoms with van der Waals surface area (Å²) in [6, 6.07) is 3.18. The van der Waals surface area contributed by atoms with Crippen molar-refractivity contribution in [2.24, 2.45) is 4.99 Å². The predicted octanol–water partition coefficient (Wildman–Crippen LogP) is 0.586. The van der Waals surface area contributed by atoms with Gasteiger partial charge in [-0.25, -0.2) is 13.2 Å². The fourth-order valence-corrected chi connectivity index (χ4v) is 4.64. The Balaban J connectivity index is 1.54. The number of furan rings is 1. The van der Waals surface area contributed by atoms with E-state index in [1.165, 1.54) is 17.7 Å². The standard InChI is InChI=1S/C18H25N5O6S/c1-13-16(17(24)27-3)10-15(29-13)11-20-18(19-2)22-5-7-23(8-6-22)30(25,26)12-14-4-9-28-21-14/h4,9-10H,5-8,11-12H2,1-3H3,(H,19,20). The van der Waals surface area contributed by atoms with E-state index in [-0.39, 0.29) is 5.75 Å². The maximum Gasteiger partial charge on any atom is 0.341 e. The second-order valence-electron chi connectivity index (χ2n) is 6.71. The van der Waals surface area contributed by atoms with Crippen LogP contribution in [0.3, 0.4) is 0 Å². The van der Waals surface area contributed by atoms with Gasteiger partial charge in [-0.2, -0.15) is 4.31 Å². The van der Waals surface area contributed by atoms with Crippen molar-refractivity contribution in [3.63, 3.8) is 0 Å². The average Bonchev–Trinajstić information content (AvgIpc) is 3.37. The van der Waals surface area contributed by atoms with Gasteiger partial charge in [0.15, 0.2) is 5.96 Å². The number of aliphatic imine (C=N–C) groups is 1. The number of rotatable bonds is 6. The number of nitrogens with one attached hydrogen (secondary N) is 1. The van der Waals surface area contributed by atoms with Gasteiger partial charge in [-0.1, -0.05) is 5.16 Å². The lowest BCUT2D eigenvalue weighted by molar-refractivity contribution is 0.0598. The normalized spacial score (nSPS) is 16.0. The first-order valence-corrected chi connectivity index (χ1v) is 10.9. The summed E-state index contributed by atoms with van der Waals surface area (Å²) in [6.45, 7) is 3.68. The first-order chi connectivity index (χ1) is 14.3. The van der Waals surface area contributed by atoms with Crippen LogP contribution in [0.1, 0.15) is 27.6 Å². The summed E-state index contributed by atoms with van der Waals surface area (Å²) in [5.41, 5.74) is 0.769. The molecule has 1 N–H and O–H groups in total. The Bertz CT molecular complexity index is 990. The molecule has 0 aromatic carbocycles. The van der Waals surface area contributed by atoms with Crippen molar-refractivity contribution < 1.29 is 26.9 Å². The van der Waals surface area contributed by atoms with Crippen molar-refractivity contribution in [2.45, 2.75) is 19.2 Å². The zero-order valence-electron chi connectivity index (χ0n) is 17.1. The van der Waals surface area contributed by atoms with Crippen molar-refractivity contribution in [2.75, 3.05) is 40.3 Å². The van der Waals surface area contributed by atoms with E-state index >= 15 is 0 Å². The number of methoxy groups -OCH3 is 1. The summed E-state index contributed by atoms with van der Waals surface area (Å²) in [6.07, 6.45) is 1.35. The van der Waals surface area contributed by atoms with Crippen LogP contribution in [0.5, 0.6) is 0 Å². The molecule has 0 saturated carbocycles. The number of carbonyl (C=O) groups is 1. The van der Waals surface area contributed by atoms with Crippen LogP contribution in [0, 0.1) is 6.92 Å². The van der Waals surface area contributed by atoms with Gasteiger partial charge in [-0.05, 0) is 13.0 Å². The van der Waals surface area contributed by atoms with E-state index < -0.39 is 16.0 Å². The van der Waals surface area contributed by atoms with Gasteiger partial charge in [0.05, 0.1) is 19.3 Å². The Morgan fingerprint density at radius 1 is 1.33 bits per heavy atom. The number of sulfonamides is 1. The summed E-state index contributed by atoms with van der Waals surface area (Å²) in [4.78, 5) is 17.9. The fraction of sp³-hybridized carbons (Fsp3) is 0.500. The van der Waals surface area contributed by atoms with Gasteiger partial charge in [-0.15, -0.1) is 0 Å². The number of nitrogens with zero attached hydrogens (tertiary/aromatic N) is 4. The number of hydrogen-bond acceptors (Lipinski definition) is 8. The maximum atomic E-state index is 12.6. The molecule has 164 valence electrons. The van der Waals surface area contributed by atoms with Gasteiger partial charge in [-0.3, -0.25) is 4.99 Å². The van der Waals surface area contributed by atoms with E-state index in [1.54, 1.807) is 26.1 Å². The van der Waals surface area contributed by atoms with E-state index in [2.05, 4.69) is 15.5 Å². The summed E-state index contributed by atoms with van der Waals surface area (Å²) in [7, 11) is -0.489. The molecule has 0 aliphatic carbocycles. The Hall–Kier alpha value is -2.86. The topological polar surface area (TPSA) is 130 Å². The maximum absolute atomic E-state index is 12.6. The van der Waals surface area contributed by atoms with Crippen LogP contribution in [0.2, 0.25) is 0 Å². The molecule has 11 nitrogen and oxygen atoms in total. The minimum absolute atomic E-state index is 0.184. The number of piperazine rings is 1. The number of carbonyl (C=O) groups excluding carboxylic acids is 1. The second kappa shape index (κ2) is 9.30. The SMILES string of the molecule is CN=C(NCc1cc(C(=O)OC)c(C)o1)N1CCN(S(=O)(=O)Cc2ccon2)CC1.